The van der Waals surface area contributed by atoms with Crippen molar-refractivity contribution < 1.29 is 0 Å². The van der Waals surface area contributed by atoms with Gasteiger partial charge < -0.3 is 0 Å². The molecule has 2 heteroatoms. The molecular formula is C11H11BrS. The fraction of sp³-hybridized carbons (Fsp3) is 0.273. The Morgan fingerprint density at radius 2 is 2.08 bits per heavy atom. The minimum absolute atomic E-state index is 0.871. The molecule has 68 valence electrons. The van der Waals surface area contributed by atoms with Crippen molar-refractivity contribution in [2.24, 2.45) is 0 Å². The molecule has 0 radical (unpaired) electrons. The van der Waals surface area contributed by atoms with E-state index in [0.29, 0.717) is 0 Å². The summed E-state index contributed by atoms with van der Waals surface area (Å²) in [4.78, 5) is 1.26. The second kappa shape index (κ2) is 6.12. The maximum atomic E-state index is 3.50. The molecule has 0 atom stereocenters. The molecule has 0 aliphatic heterocycles. The molecule has 0 bridgehead atoms. The summed E-state index contributed by atoms with van der Waals surface area (Å²) in [5.74, 6) is 7.03. The largest absolute Gasteiger partial charge is 0.112 e. The average Bonchev–Trinajstić information content (AvgIpc) is 2.15. The van der Waals surface area contributed by atoms with E-state index in [1.807, 2.05) is 12.1 Å². The van der Waals surface area contributed by atoms with Crippen LogP contribution < -0.4 is 0 Å². The first-order valence-corrected chi connectivity index (χ1v) is 5.95. The summed E-state index contributed by atoms with van der Waals surface area (Å²) in [6.07, 6.45) is 0.941. The molecule has 0 fully saturated rings. The molecule has 0 aliphatic rings. The van der Waals surface area contributed by atoms with Crippen LogP contribution in [0.1, 0.15) is 13.3 Å². The van der Waals surface area contributed by atoms with Gasteiger partial charge >= 0.3 is 0 Å². The van der Waals surface area contributed by atoms with Crippen LogP contribution in [0, 0.1) is 11.8 Å². The Morgan fingerprint density at radius 1 is 1.31 bits per heavy atom. The van der Waals surface area contributed by atoms with Gasteiger partial charge in [-0.2, -0.15) is 0 Å². The monoisotopic (exact) mass is 254 g/mol. The minimum Gasteiger partial charge on any atom is -0.112 e. The van der Waals surface area contributed by atoms with Crippen molar-refractivity contribution in [1.29, 1.82) is 0 Å². The van der Waals surface area contributed by atoms with Crippen LogP contribution in [0.5, 0.6) is 0 Å². The lowest BCUT2D eigenvalue weighted by molar-refractivity contribution is 1.28. The van der Waals surface area contributed by atoms with Gasteiger partial charge in [0.25, 0.3) is 0 Å². The van der Waals surface area contributed by atoms with E-state index in [4.69, 9.17) is 0 Å². The summed E-state index contributed by atoms with van der Waals surface area (Å²) < 4.78 is 1.15. The average molecular weight is 255 g/mol. The Bertz CT molecular complexity index is 322. The third-order valence-corrected chi connectivity index (χ3v) is 3.35. The third kappa shape index (κ3) is 3.89. The molecular weight excluding hydrogens is 244 g/mol. The number of hydrogen-bond donors (Lipinski definition) is 0. The summed E-state index contributed by atoms with van der Waals surface area (Å²) in [7, 11) is 0. The number of thioether (sulfide) groups is 1. The van der Waals surface area contributed by atoms with Gasteiger partial charge in [-0.15, -0.1) is 17.7 Å². The topological polar surface area (TPSA) is 0 Å². The summed E-state index contributed by atoms with van der Waals surface area (Å²) in [5.41, 5.74) is 0. The second-order valence-corrected chi connectivity index (χ2v) is 4.30. The summed E-state index contributed by atoms with van der Waals surface area (Å²) in [6, 6.07) is 8.21. The van der Waals surface area contributed by atoms with Gasteiger partial charge in [-0.25, -0.2) is 0 Å². The van der Waals surface area contributed by atoms with Crippen LogP contribution in [0.4, 0.5) is 0 Å². The van der Waals surface area contributed by atoms with Crippen molar-refractivity contribution in [3.8, 4) is 11.8 Å². The molecule has 1 rings (SSSR count). The van der Waals surface area contributed by atoms with E-state index < -0.39 is 0 Å². The standard InChI is InChI=1S/C11H11BrS/c1-2-3-6-9-13-11-8-5-4-7-10(11)12/h4-5,7-8H,2,9H2,1H3. The first-order chi connectivity index (χ1) is 6.34. The zero-order valence-corrected chi connectivity index (χ0v) is 9.91. The fourth-order valence-electron chi connectivity index (χ4n) is 0.852. The summed E-state index contributed by atoms with van der Waals surface area (Å²) >= 11 is 5.26. The molecule has 0 aliphatic carbocycles. The minimum atomic E-state index is 0.871. The maximum Gasteiger partial charge on any atom is 0.0595 e. The highest BCUT2D eigenvalue weighted by atomic mass is 79.9. The molecule has 0 heterocycles. The van der Waals surface area contributed by atoms with Crippen molar-refractivity contribution in [2.75, 3.05) is 5.75 Å². The molecule has 1 aromatic rings. The summed E-state index contributed by atoms with van der Waals surface area (Å²) in [6.45, 7) is 2.07. The van der Waals surface area contributed by atoms with E-state index in [9.17, 15) is 0 Å². The fourth-order valence-corrected chi connectivity index (χ4v) is 2.19. The molecule has 0 nitrogen and oxygen atoms in total. The van der Waals surface area contributed by atoms with Gasteiger partial charge in [0.1, 0.15) is 0 Å². The van der Waals surface area contributed by atoms with E-state index in [-0.39, 0.29) is 0 Å². The van der Waals surface area contributed by atoms with Gasteiger partial charge in [-0.05, 0) is 28.1 Å². The molecule has 0 saturated carbocycles. The molecule has 0 aromatic heterocycles. The van der Waals surface area contributed by atoms with Crippen LogP contribution in [-0.4, -0.2) is 5.75 Å². The molecule has 0 saturated heterocycles. The van der Waals surface area contributed by atoms with Gasteiger partial charge in [0, 0.05) is 15.8 Å². The molecule has 0 N–H and O–H groups in total. The Kier molecular flexibility index (Phi) is 5.03. The van der Waals surface area contributed by atoms with Gasteiger partial charge in [-0.1, -0.05) is 25.0 Å². The smallest absolute Gasteiger partial charge is 0.0595 e. The van der Waals surface area contributed by atoms with Crippen LogP contribution in [0.15, 0.2) is 33.6 Å². The van der Waals surface area contributed by atoms with Crippen LogP contribution in [0.25, 0.3) is 0 Å². The first kappa shape index (κ1) is 10.7. The predicted octanol–water partition coefficient (Wildman–Crippen LogP) is 3.95. The van der Waals surface area contributed by atoms with Crippen molar-refractivity contribution in [2.45, 2.75) is 18.2 Å². The van der Waals surface area contributed by atoms with Gasteiger partial charge in [0.2, 0.25) is 0 Å². The molecule has 13 heavy (non-hydrogen) atoms. The summed E-state index contributed by atoms with van der Waals surface area (Å²) in [5, 5.41) is 0. The van der Waals surface area contributed by atoms with Gasteiger partial charge in [0.05, 0.1) is 5.75 Å². The van der Waals surface area contributed by atoms with Gasteiger partial charge in [-0.3, -0.25) is 0 Å². The van der Waals surface area contributed by atoms with Crippen LogP contribution in [0.3, 0.4) is 0 Å². The van der Waals surface area contributed by atoms with Crippen molar-refractivity contribution in [3.05, 3.63) is 28.7 Å². The zero-order valence-electron chi connectivity index (χ0n) is 7.51. The Labute approximate surface area is 92.2 Å². The van der Waals surface area contributed by atoms with Crippen molar-refractivity contribution in [3.63, 3.8) is 0 Å². The van der Waals surface area contributed by atoms with Crippen LogP contribution >= 0.6 is 27.7 Å². The second-order valence-electron chi connectivity index (χ2n) is 2.43. The molecule has 0 amide bonds. The number of halogens is 1. The third-order valence-electron chi connectivity index (χ3n) is 1.44. The predicted molar refractivity (Wildman–Crippen MR) is 62.9 cm³/mol. The lowest BCUT2D eigenvalue weighted by Gasteiger charge is -1.99. The van der Waals surface area contributed by atoms with Crippen molar-refractivity contribution >= 4 is 27.7 Å². The van der Waals surface area contributed by atoms with E-state index >= 15 is 0 Å². The SMILES string of the molecule is CCC#CCSc1ccccc1Br. The van der Waals surface area contributed by atoms with E-state index in [0.717, 1.165) is 16.6 Å². The quantitative estimate of drug-likeness (QED) is 0.569. The molecule has 0 spiro atoms. The van der Waals surface area contributed by atoms with E-state index in [1.165, 1.54) is 4.90 Å². The number of hydrogen-bond acceptors (Lipinski definition) is 1. The zero-order chi connectivity index (χ0) is 9.52. The Hall–Kier alpha value is -0.390. The molecule has 1 aromatic carbocycles. The maximum absolute atomic E-state index is 3.50. The van der Waals surface area contributed by atoms with Crippen molar-refractivity contribution in [1.82, 2.24) is 0 Å². The van der Waals surface area contributed by atoms with Gasteiger partial charge in [0.15, 0.2) is 0 Å². The lowest BCUT2D eigenvalue weighted by Crippen LogP contribution is -1.76. The highest BCUT2D eigenvalue weighted by molar-refractivity contribution is 9.10. The molecule has 0 unspecified atom stereocenters. The number of benzene rings is 1. The first-order valence-electron chi connectivity index (χ1n) is 4.17. The Balaban J connectivity index is 2.50. The van der Waals surface area contributed by atoms with Crippen LogP contribution in [-0.2, 0) is 0 Å². The van der Waals surface area contributed by atoms with E-state index in [1.54, 1.807) is 11.8 Å². The highest BCUT2D eigenvalue weighted by Crippen LogP contribution is 2.26. The number of rotatable bonds is 2. The van der Waals surface area contributed by atoms with E-state index in [2.05, 4.69) is 46.8 Å². The Morgan fingerprint density at radius 3 is 2.77 bits per heavy atom. The normalized spacial score (nSPS) is 9.08. The van der Waals surface area contributed by atoms with Crippen LogP contribution in [0.2, 0.25) is 0 Å². The highest BCUT2D eigenvalue weighted by Gasteiger charge is 1.95. The lowest BCUT2D eigenvalue weighted by atomic mass is 10.4.